The second-order valence-corrected chi connectivity index (χ2v) is 7.89. The first-order valence-corrected chi connectivity index (χ1v) is 10.7. The number of piperazine rings is 1. The van der Waals surface area contributed by atoms with Gasteiger partial charge in [-0.25, -0.2) is 0 Å². The fourth-order valence-corrected chi connectivity index (χ4v) is 3.95. The van der Waals surface area contributed by atoms with Crippen LogP contribution in [0.2, 0.25) is 5.02 Å². The second kappa shape index (κ2) is 9.71. The number of methoxy groups -OCH3 is 1. The molecule has 1 aliphatic heterocycles. The molecule has 0 N–H and O–H groups in total. The van der Waals surface area contributed by atoms with E-state index in [9.17, 15) is 4.79 Å². The van der Waals surface area contributed by atoms with Crippen molar-refractivity contribution in [2.24, 2.45) is 0 Å². The maximum atomic E-state index is 13.5. The molecular formula is C26H25ClN2O2. The standard InChI is InChI=1S/C26H25ClN2O2/c1-31-24-12-10-20(11-13-24)18-25(21-6-3-2-4-7-21)26(30)29-16-14-28(15-17-29)23-9-5-8-22(27)19-23/h2-13,18-19H,14-17H2,1H3/b25-18+. The van der Waals surface area contributed by atoms with Crippen molar-refractivity contribution in [2.75, 3.05) is 38.2 Å². The highest BCUT2D eigenvalue weighted by atomic mass is 35.5. The van der Waals surface area contributed by atoms with Gasteiger partial charge in [-0.05, 0) is 47.5 Å². The molecule has 1 fully saturated rings. The minimum atomic E-state index is 0.0489. The van der Waals surface area contributed by atoms with E-state index in [2.05, 4.69) is 11.0 Å². The van der Waals surface area contributed by atoms with Crippen LogP contribution in [0.15, 0.2) is 78.9 Å². The van der Waals surface area contributed by atoms with Crippen molar-refractivity contribution in [1.29, 1.82) is 0 Å². The summed E-state index contributed by atoms with van der Waals surface area (Å²) < 4.78 is 5.25. The van der Waals surface area contributed by atoms with Gasteiger partial charge in [0.25, 0.3) is 5.91 Å². The van der Waals surface area contributed by atoms with Crippen molar-refractivity contribution in [1.82, 2.24) is 4.90 Å². The number of rotatable bonds is 5. The van der Waals surface area contributed by atoms with E-state index in [1.54, 1.807) is 7.11 Å². The molecule has 0 aliphatic carbocycles. The van der Waals surface area contributed by atoms with Gasteiger partial charge in [0.05, 0.1) is 7.11 Å². The molecule has 31 heavy (non-hydrogen) atoms. The zero-order valence-corrected chi connectivity index (χ0v) is 18.3. The maximum absolute atomic E-state index is 13.5. The third-order valence-electron chi connectivity index (χ3n) is 5.48. The summed E-state index contributed by atoms with van der Waals surface area (Å²) in [5, 5.41) is 0.727. The quantitative estimate of drug-likeness (QED) is 0.408. The second-order valence-electron chi connectivity index (χ2n) is 7.46. The fraction of sp³-hybridized carbons (Fsp3) is 0.192. The molecule has 1 heterocycles. The molecule has 0 atom stereocenters. The lowest BCUT2D eigenvalue weighted by Crippen LogP contribution is -2.49. The van der Waals surface area contributed by atoms with Gasteiger partial charge in [0.15, 0.2) is 0 Å². The Morgan fingerprint density at radius 2 is 1.61 bits per heavy atom. The summed E-state index contributed by atoms with van der Waals surface area (Å²) in [5.41, 5.74) is 3.67. The Morgan fingerprint density at radius 1 is 0.903 bits per heavy atom. The van der Waals surface area contributed by atoms with Gasteiger partial charge in [-0.15, -0.1) is 0 Å². The average Bonchev–Trinajstić information content (AvgIpc) is 2.83. The van der Waals surface area contributed by atoms with Crippen LogP contribution in [0.1, 0.15) is 11.1 Å². The van der Waals surface area contributed by atoms with Crippen molar-refractivity contribution >= 4 is 34.8 Å². The Morgan fingerprint density at radius 3 is 2.26 bits per heavy atom. The average molecular weight is 433 g/mol. The van der Waals surface area contributed by atoms with E-state index in [-0.39, 0.29) is 5.91 Å². The molecule has 1 aliphatic rings. The Bertz CT molecular complexity index is 1060. The fourth-order valence-electron chi connectivity index (χ4n) is 3.76. The van der Waals surface area contributed by atoms with E-state index in [1.165, 1.54) is 0 Å². The number of hydrogen-bond donors (Lipinski definition) is 0. The predicted octanol–water partition coefficient (Wildman–Crippen LogP) is 5.24. The molecule has 3 aromatic carbocycles. The van der Waals surface area contributed by atoms with Crippen LogP contribution in [0.5, 0.6) is 5.75 Å². The summed E-state index contributed by atoms with van der Waals surface area (Å²) in [5.74, 6) is 0.842. The number of amides is 1. The van der Waals surface area contributed by atoms with Crippen LogP contribution in [0, 0.1) is 0 Å². The zero-order chi connectivity index (χ0) is 21.6. The summed E-state index contributed by atoms with van der Waals surface area (Å²) in [7, 11) is 1.65. The van der Waals surface area contributed by atoms with Gasteiger partial charge < -0.3 is 14.5 Å². The first-order chi connectivity index (χ1) is 15.1. The number of benzene rings is 3. The minimum absolute atomic E-state index is 0.0489. The summed E-state index contributed by atoms with van der Waals surface area (Å²) >= 11 is 6.14. The van der Waals surface area contributed by atoms with Crippen LogP contribution < -0.4 is 9.64 Å². The number of nitrogens with zero attached hydrogens (tertiary/aromatic N) is 2. The molecule has 1 saturated heterocycles. The van der Waals surface area contributed by atoms with Crippen molar-refractivity contribution in [2.45, 2.75) is 0 Å². The lowest BCUT2D eigenvalue weighted by atomic mass is 10.0. The molecule has 3 aromatic rings. The molecule has 0 unspecified atom stereocenters. The molecule has 158 valence electrons. The van der Waals surface area contributed by atoms with Crippen LogP contribution in [-0.2, 0) is 4.79 Å². The van der Waals surface area contributed by atoms with Gasteiger partial charge in [-0.3, -0.25) is 4.79 Å². The van der Waals surface area contributed by atoms with Gasteiger partial charge in [0.2, 0.25) is 0 Å². The smallest absolute Gasteiger partial charge is 0.254 e. The van der Waals surface area contributed by atoms with Crippen LogP contribution in [0.3, 0.4) is 0 Å². The Kier molecular flexibility index (Phi) is 6.58. The van der Waals surface area contributed by atoms with Crippen LogP contribution in [-0.4, -0.2) is 44.1 Å². The normalized spacial score (nSPS) is 14.5. The van der Waals surface area contributed by atoms with E-state index in [0.717, 1.165) is 40.7 Å². The molecule has 0 bridgehead atoms. The first-order valence-electron chi connectivity index (χ1n) is 10.3. The molecule has 4 nitrogen and oxygen atoms in total. The molecular weight excluding hydrogens is 408 g/mol. The third kappa shape index (κ3) is 5.09. The monoisotopic (exact) mass is 432 g/mol. The molecule has 0 aromatic heterocycles. The molecule has 0 radical (unpaired) electrons. The Balaban J connectivity index is 1.54. The van der Waals surface area contributed by atoms with E-state index in [0.29, 0.717) is 18.7 Å². The summed E-state index contributed by atoms with van der Waals surface area (Å²) in [6, 6.07) is 25.4. The predicted molar refractivity (Wildman–Crippen MR) is 128 cm³/mol. The van der Waals surface area contributed by atoms with E-state index >= 15 is 0 Å². The third-order valence-corrected chi connectivity index (χ3v) is 5.72. The number of hydrogen-bond acceptors (Lipinski definition) is 3. The summed E-state index contributed by atoms with van der Waals surface area (Å²) in [6.07, 6.45) is 1.96. The molecule has 5 heteroatoms. The first kappa shape index (κ1) is 21.0. The highest BCUT2D eigenvalue weighted by Crippen LogP contribution is 2.25. The van der Waals surface area contributed by atoms with Gasteiger partial charge in [0, 0.05) is 42.5 Å². The van der Waals surface area contributed by atoms with E-state index < -0.39 is 0 Å². The number of halogens is 1. The SMILES string of the molecule is COc1ccc(/C=C(/C(=O)N2CCN(c3cccc(Cl)c3)CC2)c2ccccc2)cc1. The van der Waals surface area contributed by atoms with E-state index in [4.69, 9.17) is 16.3 Å². The van der Waals surface area contributed by atoms with Crippen molar-refractivity contribution in [3.63, 3.8) is 0 Å². The van der Waals surface area contributed by atoms with Crippen LogP contribution in [0.25, 0.3) is 11.6 Å². The zero-order valence-electron chi connectivity index (χ0n) is 17.5. The Labute approximate surface area is 188 Å². The number of carbonyl (C=O) groups is 1. The van der Waals surface area contributed by atoms with Gasteiger partial charge >= 0.3 is 0 Å². The largest absolute Gasteiger partial charge is 0.497 e. The highest BCUT2D eigenvalue weighted by Gasteiger charge is 2.24. The van der Waals surface area contributed by atoms with Gasteiger partial charge in [-0.2, -0.15) is 0 Å². The summed E-state index contributed by atoms with van der Waals surface area (Å²) in [6.45, 7) is 2.88. The van der Waals surface area contributed by atoms with Gasteiger partial charge in [0.1, 0.15) is 5.75 Å². The van der Waals surface area contributed by atoms with Crippen molar-refractivity contribution < 1.29 is 9.53 Å². The van der Waals surface area contributed by atoms with E-state index in [1.807, 2.05) is 83.8 Å². The number of carbonyl (C=O) groups excluding carboxylic acids is 1. The Hall–Kier alpha value is -3.24. The number of anilines is 1. The topological polar surface area (TPSA) is 32.8 Å². The molecule has 0 saturated carbocycles. The molecule has 0 spiro atoms. The van der Waals surface area contributed by atoms with Crippen LogP contribution >= 0.6 is 11.6 Å². The van der Waals surface area contributed by atoms with Gasteiger partial charge in [-0.1, -0.05) is 60.1 Å². The minimum Gasteiger partial charge on any atom is -0.497 e. The number of ether oxygens (including phenoxy) is 1. The van der Waals surface area contributed by atoms with Crippen molar-refractivity contribution in [3.05, 3.63) is 95.0 Å². The van der Waals surface area contributed by atoms with Crippen molar-refractivity contribution in [3.8, 4) is 5.75 Å². The lowest BCUT2D eigenvalue weighted by Gasteiger charge is -2.36. The molecule has 1 amide bonds. The van der Waals surface area contributed by atoms with Crippen LogP contribution in [0.4, 0.5) is 5.69 Å². The highest BCUT2D eigenvalue weighted by molar-refractivity contribution is 6.30. The maximum Gasteiger partial charge on any atom is 0.254 e. The lowest BCUT2D eigenvalue weighted by molar-refractivity contribution is -0.125. The summed E-state index contributed by atoms with van der Waals surface area (Å²) in [4.78, 5) is 17.7. The molecule has 4 rings (SSSR count).